The molecule has 1 aromatic heterocycles. The van der Waals surface area contributed by atoms with E-state index in [4.69, 9.17) is 0 Å². The molecule has 0 saturated heterocycles. The number of nitrogens with zero attached hydrogens (tertiary/aromatic N) is 1. The molecule has 0 radical (unpaired) electrons. The number of benzene rings is 1. The normalized spacial score (nSPS) is 8.86. The lowest BCUT2D eigenvalue weighted by Gasteiger charge is -2.07. The molecule has 114 valence electrons. The third-order valence-electron chi connectivity index (χ3n) is 2.57. The van der Waals surface area contributed by atoms with Gasteiger partial charge in [0.2, 0.25) is 0 Å². The van der Waals surface area contributed by atoms with Gasteiger partial charge >= 0.3 is 0 Å². The summed E-state index contributed by atoms with van der Waals surface area (Å²) in [7, 11) is 0. The lowest BCUT2D eigenvalue weighted by atomic mass is 10.1. The van der Waals surface area contributed by atoms with E-state index in [1.54, 1.807) is 19.2 Å². The van der Waals surface area contributed by atoms with Crippen LogP contribution in [0.15, 0.2) is 41.3 Å². The maximum Gasteiger partial charge on any atom is 0.265 e. The zero-order valence-electron chi connectivity index (χ0n) is 13.2. The number of aldehydes is 1. The summed E-state index contributed by atoms with van der Waals surface area (Å²) in [5.74, 6) is -0.371. The largest absolute Gasteiger partial charge is 0.298 e. The van der Waals surface area contributed by atoms with Gasteiger partial charge in [0.1, 0.15) is 5.82 Å². The monoisotopic (exact) mass is 291 g/mol. The highest BCUT2D eigenvalue weighted by atomic mass is 19.1. The minimum Gasteiger partial charge on any atom is -0.298 e. The van der Waals surface area contributed by atoms with Gasteiger partial charge in [-0.1, -0.05) is 27.7 Å². The second kappa shape index (κ2) is 9.64. The Morgan fingerprint density at radius 3 is 2.00 bits per heavy atom. The van der Waals surface area contributed by atoms with E-state index in [1.807, 2.05) is 27.7 Å². The molecule has 2 rings (SSSR count). The van der Waals surface area contributed by atoms with Crippen molar-refractivity contribution in [2.24, 2.45) is 0 Å². The van der Waals surface area contributed by atoms with Crippen molar-refractivity contribution in [1.29, 1.82) is 0 Å². The fraction of sp³-hybridized carbons (Fsp3) is 0.294. The molecule has 0 spiro atoms. The van der Waals surface area contributed by atoms with Gasteiger partial charge in [-0.25, -0.2) is 4.39 Å². The predicted molar refractivity (Wildman–Crippen MR) is 84.8 cm³/mol. The number of carbonyl (C=O) groups excluding carboxylic acids is 1. The Bertz CT molecular complexity index is 616. The number of carbonyl (C=O) groups is 1. The van der Waals surface area contributed by atoms with Crippen LogP contribution in [0, 0.1) is 12.7 Å². The Balaban J connectivity index is 0.000000921. The Labute approximate surface area is 125 Å². The van der Waals surface area contributed by atoms with Gasteiger partial charge in [0, 0.05) is 11.9 Å². The first-order valence-corrected chi connectivity index (χ1v) is 7.07. The standard InChI is InChI=1S/C13H10FNO2.2C2H6/c1-9-6-7-15(13(17)12(9)8-16)11-4-2-10(14)3-5-11;2*1-2/h2-8H,1H3;2*1-2H3. The molecule has 4 heteroatoms. The van der Waals surface area contributed by atoms with E-state index in [9.17, 15) is 14.0 Å². The minimum absolute atomic E-state index is 0.122. The van der Waals surface area contributed by atoms with Gasteiger partial charge < -0.3 is 0 Å². The first-order chi connectivity index (χ1) is 10.1. The Hall–Kier alpha value is -2.23. The molecule has 0 aliphatic heterocycles. The third kappa shape index (κ3) is 4.67. The van der Waals surface area contributed by atoms with E-state index in [-0.39, 0.29) is 11.4 Å². The maximum atomic E-state index is 12.8. The van der Waals surface area contributed by atoms with Crippen LogP contribution < -0.4 is 5.56 Å². The molecule has 0 N–H and O–H groups in total. The van der Waals surface area contributed by atoms with Crippen LogP contribution in [0.4, 0.5) is 4.39 Å². The average Bonchev–Trinajstić information content (AvgIpc) is 2.53. The van der Waals surface area contributed by atoms with E-state index < -0.39 is 5.56 Å². The quantitative estimate of drug-likeness (QED) is 0.780. The van der Waals surface area contributed by atoms with Crippen molar-refractivity contribution in [3.05, 3.63) is 63.8 Å². The number of pyridine rings is 1. The van der Waals surface area contributed by atoms with Gasteiger partial charge in [0.05, 0.1) is 5.56 Å². The molecule has 2 aromatic rings. The van der Waals surface area contributed by atoms with E-state index >= 15 is 0 Å². The van der Waals surface area contributed by atoms with E-state index in [1.165, 1.54) is 28.8 Å². The zero-order chi connectivity index (χ0) is 16.4. The van der Waals surface area contributed by atoms with Crippen molar-refractivity contribution in [1.82, 2.24) is 4.57 Å². The topological polar surface area (TPSA) is 39.1 Å². The van der Waals surface area contributed by atoms with Crippen molar-refractivity contribution < 1.29 is 9.18 Å². The second-order valence-corrected chi connectivity index (χ2v) is 3.68. The van der Waals surface area contributed by atoms with Crippen LogP contribution in [0.2, 0.25) is 0 Å². The average molecular weight is 291 g/mol. The lowest BCUT2D eigenvalue weighted by molar-refractivity contribution is 0.112. The first-order valence-electron chi connectivity index (χ1n) is 7.07. The summed E-state index contributed by atoms with van der Waals surface area (Å²) in [5.41, 5.74) is 0.881. The molecular formula is C17H22FNO2. The van der Waals surface area contributed by atoms with Crippen molar-refractivity contribution in [2.45, 2.75) is 34.6 Å². The fourth-order valence-corrected chi connectivity index (χ4v) is 1.59. The molecule has 0 unspecified atom stereocenters. The SMILES string of the molecule is CC.CC.Cc1ccn(-c2ccc(F)cc2)c(=O)c1C=O. The number of hydrogen-bond acceptors (Lipinski definition) is 2. The Morgan fingerprint density at radius 2 is 1.52 bits per heavy atom. The summed E-state index contributed by atoms with van der Waals surface area (Å²) in [6, 6.07) is 7.18. The van der Waals surface area contributed by atoms with Gasteiger partial charge in [0.25, 0.3) is 5.56 Å². The van der Waals surface area contributed by atoms with E-state index in [2.05, 4.69) is 0 Å². The number of rotatable bonds is 2. The summed E-state index contributed by atoms with van der Waals surface area (Å²) in [6.45, 7) is 9.69. The smallest absolute Gasteiger partial charge is 0.265 e. The van der Waals surface area contributed by atoms with Crippen LogP contribution in [-0.4, -0.2) is 10.9 Å². The minimum atomic E-state index is -0.397. The summed E-state index contributed by atoms with van der Waals surface area (Å²) >= 11 is 0. The molecule has 1 heterocycles. The molecule has 0 aliphatic rings. The Morgan fingerprint density at radius 1 is 1.00 bits per heavy atom. The van der Waals surface area contributed by atoms with Crippen molar-refractivity contribution >= 4 is 6.29 Å². The molecule has 0 atom stereocenters. The second-order valence-electron chi connectivity index (χ2n) is 3.68. The molecule has 0 aliphatic carbocycles. The summed E-state index contributed by atoms with van der Waals surface area (Å²) < 4.78 is 14.1. The highest BCUT2D eigenvalue weighted by molar-refractivity contribution is 5.76. The van der Waals surface area contributed by atoms with Crippen LogP contribution in [0.5, 0.6) is 0 Å². The molecule has 0 bridgehead atoms. The number of hydrogen-bond donors (Lipinski definition) is 0. The molecule has 3 nitrogen and oxygen atoms in total. The summed E-state index contributed by atoms with van der Waals surface area (Å²) in [5, 5.41) is 0. The molecule has 0 fully saturated rings. The van der Waals surface area contributed by atoms with Gasteiger partial charge in [-0.3, -0.25) is 14.2 Å². The van der Waals surface area contributed by atoms with Gasteiger partial charge in [0.15, 0.2) is 6.29 Å². The van der Waals surface area contributed by atoms with Crippen molar-refractivity contribution in [3.8, 4) is 5.69 Å². The van der Waals surface area contributed by atoms with Gasteiger partial charge in [-0.2, -0.15) is 0 Å². The van der Waals surface area contributed by atoms with Crippen LogP contribution in [0.1, 0.15) is 43.6 Å². The third-order valence-corrected chi connectivity index (χ3v) is 2.57. The highest BCUT2D eigenvalue weighted by Gasteiger charge is 2.07. The van der Waals surface area contributed by atoms with Crippen molar-refractivity contribution in [3.63, 3.8) is 0 Å². The summed E-state index contributed by atoms with van der Waals surface area (Å²) in [6.07, 6.45) is 2.11. The first kappa shape index (κ1) is 18.8. The molecule has 21 heavy (non-hydrogen) atoms. The molecule has 0 saturated carbocycles. The summed E-state index contributed by atoms with van der Waals surface area (Å²) in [4.78, 5) is 22.8. The van der Waals surface area contributed by atoms with Crippen LogP contribution in [0.25, 0.3) is 5.69 Å². The predicted octanol–water partition coefficient (Wildman–Crippen LogP) is 4.15. The lowest BCUT2D eigenvalue weighted by Crippen LogP contribution is -2.22. The number of aromatic nitrogens is 1. The number of aryl methyl sites for hydroxylation is 1. The maximum absolute atomic E-state index is 12.8. The number of halogens is 1. The highest BCUT2D eigenvalue weighted by Crippen LogP contribution is 2.08. The zero-order valence-corrected chi connectivity index (χ0v) is 13.2. The van der Waals surface area contributed by atoms with Crippen LogP contribution in [0.3, 0.4) is 0 Å². The molecule has 0 amide bonds. The molecule has 1 aromatic carbocycles. The molecular weight excluding hydrogens is 269 g/mol. The van der Waals surface area contributed by atoms with Gasteiger partial charge in [-0.15, -0.1) is 0 Å². The van der Waals surface area contributed by atoms with Crippen LogP contribution in [-0.2, 0) is 0 Å². The van der Waals surface area contributed by atoms with Crippen molar-refractivity contribution in [2.75, 3.05) is 0 Å². The Kier molecular flexibility index (Phi) is 8.62. The fourth-order valence-electron chi connectivity index (χ4n) is 1.59. The van der Waals surface area contributed by atoms with Gasteiger partial charge in [-0.05, 0) is 42.8 Å². The van der Waals surface area contributed by atoms with E-state index in [0.29, 0.717) is 17.5 Å². The van der Waals surface area contributed by atoms with Crippen LogP contribution >= 0.6 is 0 Å². The van der Waals surface area contributed by atoms with E-state index in [0.717, 1.165) is 0 Å².